The second-order valence-electron chi connectivity index (χ2n) is 5.98. The van der Waals surface area contributed by atoms with Crippen LogP contribution in [0.4, 0.5) is 0 Å². The maximum Gasteiger partial charge on any atom is 0.383 e. The molecule has 0 spiro atoms. The van der Waals surface area contributed by atoms with Crippen molar-refractivity contribution in [3.05, 3.63) is 91.0 Å². The van der Waals surface area contributed by atoms with E-state index < -0.39 is 14.1 Å². The lowest BCUT2D eigenvalue weighted by atomic mass is 10.3. The molecule has 0 atom stereocenters. The number of hydrogen-bond donors (Lipinski definition) is 0. The second-order valence-corrected chi connectivity index (χ2v) is 8.85. The standard InChI is InChI=1S/3C6H5.C4H8O.Al/c3*1-2-4-6-5-3-1;1-2-4-5-3-1;/h3*1-5H;1-4H2;. The molecule has 0 aliphatic carbocycles. The van der Waals surface area contributed by atoms with Crippen molar-refractivity contribution in [2.45, 2.75) is 12.8 Å². The molecule has 24 heavy (non-hydrogen) atoms. The van der Waals surface area contributed by atoms with Crippen LogP contribution >= 0.6 is 0 Å². The van der Waals surface area contributed by atoms with Crippen LogP contribution in [0.1, 0.15) is 12.8 Å². The Morgan fingerprint density at radius 3 is 1.08 bits per heavy atom. The molecule has 0 radical (unpaired) electrons. The summed E-state index contributed by atoms with van der Waals surface area (Å²) >= 11 is -1.31. The van der Waals surface area contributed by atoms with Gasteiger partial charge in [-0.15, -0.1) is 0 Å². The normalized spacial score (nSPS) is 13.0. The fourth-order valence-electron chi connectivity index (χ4n) is 3.02. The zero-order valence-electron chi connectivity index (χ0n) is 14.0. The van der Waals surface area contributed by atoms with Gasteiger partial charge < -0.3 is 4.74 Å². The van der Waals surface area contributed by atoms with E-state index in [2.05, 4.69) is 91.0 Å². The van der Waals surface area contributed by atoms with Crippen molar-refractivity contribution < 1.29 is 4.74 Å². The van der Waals surface area contributed by atoms with E-state index in [1.54, 1.807) is 0 Å². The monoisotopic (exact) mass is 330 g/mol. The highest BCUT2D eigenvalue weighted by Gasteiger charge is 2.23. The van der Waals surface area contributed by atoms with Gasteiger partial charge in [0.05, 0.1) is 0 Å². The summed E-state index contributed by atoms with van der Waals surface area (Å²) in [6.45, 7) is 2.00. The van der Waals surface area contributed by atoms with E-state index in [-0.39, 0.29) is 0 Å². The highest BCUT2D eigenvalue weighted by atomic mass is 27.2. The smallest absolute Gasteiger partial charge is 0.381 e. The van der Waals surface area contributed by atoms with Crippen molar-refractivity contribution in [3.8, 4) is 0 Å². The molecular formula is C22H23AlO. The van der Waals surface area contributed by atoms with Gasteiger partial charge >= 0.3 is 14.1 Å². The average molecular weight is 330 g/mol. The molecule has 1 heterocycles. The van der Waals surface area contributed by atoms with E-state index in [1.807, 2.05) is 0 Å². The van der Waals surface area contributed by atoms with Gasteiger partial charge in [0.25, 0.3) is 0 Å². The maximum atomic E-state index is 4.94. The van der Waals surface area contributed by atoms with Gasteiger partial charge in [-0.2, -0.15) is 0 Å². The van der Waals surface area contributed by atoms with Crippen LogP contribution in [0, 0.1) is 0 Å². The lowest BCUT2D eigenvalue weighted by Crippen LogP contribution is -2.51. The van der Waals surface area contributed by atoms with E-state index in [0.29, 0.717) is 0 Å². The molecule has 0 unspecified atom stereocenters. The maximum absolute atomic E-state index is 4.94. The van der Waals surface area contributed by atoms with Gasteiger partial charge in [0.15, 0.2) is 0 Å². The summed E-state index contributed by atoms with van der Waals surface area (Å²) in [4.78, 5) is 0. The first-order chi connectivity index (χ1) is 11.9. The van der Waals surface area contributed by atoms with Crippen LogP contribution < -0.4 is 13.3 Å². The predicted molar refractivity (Wildman–Crippen MR) is 104 cm³/mol. The summed E-state index contributed by atoms with van der Waals surface area (Å²) in [6, 6.07) is 32.7. The van der Waals surface area contributed by atoms with Crippen LogP contribution in [0.2, 0.25) is 0 Å². The number of rotatable bonds is 3. The van der Waals surface area contributed by atoms with Crippen LogP contribution in [0.25, 0.3) is 0 Å². The van der Waals surface area contributed by atoms with Crippen molar-refractivity contribution in [2.75, 3.05) is 13.2 Å². The quantitative estimate of drug-likeness (QED) is 0.671. The molecule has 1 fully saturated rings. The van der Waals surface area contributed by atoms with Gasteiger partial charge in [0.1, 0.15) is 0 Å². The Morgan fingerprint density at radius 2 is 0.833 bits per heavy atom. The zero-order chi connectivity index (χ0) is 16.5. The summed E-state index contributed by atoms with van der Waals surface area (Å²) in [5, 5.41) is 0. The Labute approximate surface area is 149 Å². The molecule has 0 N–H and O–H groups in total. The summed E-state index contributed by atoms with van der Waals surface area (Å²) in [5.74, 6) is 0. The molecular weight excluding hydrogens is 307 g/mol. The minimum Gasteiger partial charge on any atom is -0.381 e. The largest absolute Gasteiger partial charge is 0.383 e. The van der Waals surface area contributed by atoms with E-state index in [4.69, 9.17) is 4.74 Å². The number of benzene rings is 3. The highest BCUT2D eigenvalue weighted by Crippen LogP contribution is 1.98. The molecule has 1 aliphatic rings. The Kier molecular flexibility index (Phi) is 6.69. The van der Waals surface area contributed by atoms with E-state index >= 15 is 0 Å². The molecule has 1 aliphatic heterocycles. The summed E-state index contributed by atoms with van der Waals surface area (Å²) in [6.07, 6.45) is 2.56. The van der Waals surface area contributed by atoms with E-state index in [9.17, 15) is 0 Å². The molecule has 2 heteroatoms. The molecule has 1 saturated heterocycles. The second kappa shape index (κ2) is 9.45. The molecule has 120 valence electrons. The Balaban J connectivity index is 0.000000290. The van der Waals surface area contributed by atoms with Crippen molar-refractivity contribution in [1.82, 2.24) is 0 Å². The first kappa shape index (κ1) is 17.0. The van der Waals surface area contributed by atoms with Gasteiger partial charge in [-0.1, -0.05) is 104 Å². The van der Waals surface area contributed by atoms with E-state index in [1.165, 1.54) is 26.1 Å². The van der Waals surface area contributed by atoms with Crippen molar-refractivity contribution in [1.29, 1.82) is 0 Å². The van der Waals surface area contributed by atoms with Crippen LogP contribution in [0.3, 0.4) is 0 Å². The molecule has 3 aromatic rings. The average Bonchev–Trinajstić information content (AvgIpc) is 3.25. The summed E-state index contributed by atoms with van der Waals surface area (Å²) in [5.41, 5.74) is 0. The van der Waals surface area contributed by atoms with Crippen molar-refractivity contribution in [2.24, 2.45) is 0 Å². The van der Waals surface area contributed by atoms with Crippen LogP contribution in [0.15, 0.2) is 91.0 Å². The van der Waals surface area contributed by atoms with Gasteiger partial charge in [0, 0.05) is 13.2 Å². The molecule has 0 aromatic heterocycles. The number of hydrogen-bond acceptors (Lipinski definition) is 1. The topological polar surface area (TPSA) is 9.23 Å². The van der Waals surface area contributed by atoms with Crippen molar-refractivity contribution in [3.63, 3.8) is 0 Å². The van der Waals surface area contributed by atoms with Crippen LogP contribution in [-0.2, 0) is 4.74 Å². The van der Waals surface area contributed by atoms with Gasteiger partial charge in [-0.25, -0.2) is 0 Å². The Bertz CT molecular complexity index is 592. The third-order valence-corrected chi connectivity index (χ3v) is 7.38. The fraction of sp³-hybridized carbons (Fsp3) is 0.182. The van der Waals surface area contributed by atoms with Gasteiger partial charge in [-0.3, -0.25) is 0 Å². The molecule has 0 saturated carbocycles. The lowest BCUT2D eigenvalue weighted by Gasteiger charge is -2.13. The third kappa shape index (κ3) is 4.82. The zero-order valence-corrected chi connectivity index (χ0v) is 15.1. The minimum absolute atomic E-state index is 1.00. The molecule has 4 rings (SSSR count). The third-order valence-electron chi connectivity index (χ3n) is 4.23. The Hall–Kier alpha value is -1.85. The summed E-state index contributed by atoms with van der Waals surface area (Å²) in [7, 11) is 0. The lowest BCUT2D eigenvalue weighted by molar-refractivity contribution is 0.198. The SMILES string of the molecule is C1CCOC1.c1cc[c]([Al]([c]2ccccc2)[c]2ccccc2)cc1. The summed E-state index contributed by atoms with van der Waals surface area (Å²) < 4.78 is 9.36. The highest BCUT2D eigenvalue weighted by molar-refractivity contribution is 6.95. The first-order valence-electron chi connectivity index (χ1n) is 8.68. The predicted octanol–water partition coefficient (Wildman–Crippen LogP) is 3.00. The van der Waals surface area contributed by atoms with Crippen LogP contribution in [0.5, 0.6) is 0 Å². The molecule has 3 aromatic carbocycles. The molecule has 0 bridgehead atoms. The fourth-order valence-corrected chi connectivity index (χ4v) is 6.00. The molecule has 0 amide bonds. The van der Waals surface area contributed by atoms with Crippen molar-refractivity contribution >= 4 is 27.4 Å². The van der Waals surface area contributed by atoms with Gasteiger partial charge in [0.2, 0.25) is 0 Å². The molecule has 1 nitrogen and oxygen atoms in total. The van der Waals surface area contributed by atoms with E-state index in [0.717, 1.165) is 13.2 Å². The first-order valence-corrected chi connectivity index (χ1v) is 10.4. The van der Waals surface area contributed by atoms with Crippen LogP contribution in [-0.4, -0.2) is 27.4 Å². The minimum atomic E-state index is -1.31. The number of ether oxygens (including phenoxy) is 1. The van der Waals surface area contributed by atoms with Gasteiger partial charge in [-0.05, 0) is 12.8 Å². The Morgan fingerprint density at radius 1 is 0.500 bits per heavy atom.